The Morgan fingerprint density at radius 2 is 0.634 bits per heavy atom. The van der Waals surface area contributed by atoms with E-state index in [2.05, 4.69) is 323 Å². The van der Waals surface area contributed by atoms with E-state index >= 15 is 0 Å². The summed E-state index contributed by atoms with van der Waals surface area (Å²) in [4.78, 5) is 2.58. The highest BCUT2D eigenvalue weighted by molar-refractivity contribution is 6.27. The molecule has 0 spiro atoms. The topological polar surface area (TPSA) is 8.17 Å². The predicted octanol–water partition coefficient (Wildman–Crippen LogP) is 23.0. The van der Waals surface area contributed by atoms with Gasteiger partial charge in [-0.2, -0.15) is 0 Å². The van der Waals surface area contributed by atoms with Crippen LogP contribution in [0.3, 0.4) is 0 Å². The van der Waals surface area contributed by atoms with E-state index in [1.54, 1.807) is 0 Å². The predicted molar refractivity (Wildman–Crippen MR) is 356 cm³/mol. The first-order valence-electron chi connectivity index (χ1n) is 29.4. The molecule has 0 saturated heterocycles. The molecule has 0 aliphatic rings. The van der Waals surface area contributed by atoms with Crippen LogP contribution in [-0.2, 0) is 21.7 Å². The van der Waals surface area contributed by atoms with Crippen LogP contribution in [0.4, 0.5) is 17.1 Å². The molecule has 0 saturated carbocycles. The zero-order valence-electron chi connectivity index (χ0n) is 49.8. The number of hydrogen-bond donors (Lipinski definition) is 0. The Hall–Kier alpha value is -8.72. The molecule has 12 aromatic carbocycles. The van der Waals surface area contributed by atoms with Gasteiger partial charge >= 0.3 is 0 Å². The molecular formula is C80H74N2. The third-order valence-electron chi connectivity index (χ3n) is 17.3. The van der Waals surface area contributed by atoms with Gasteiger partial charge in [-0.05, 0) is 171 Å². The number of aromatic nitrogens is 1. The van der Waals surface area contributed by atoms with Gasteiger partial charge in [0.2, 0.25) is 0 Å². The molecule has 0 bridgehead atoms. The van der Waals surface area contributed by atoms with E-state index < -0.39 is 0 Å². The third kappa shape index (κ3) is 9.42. The van der Waals surface area contributed by atoms with E-state index in [0.29, 0.717) is 0 Å². The molecule has 0 unspecified atom stereocenters. The quantitative estimate of drug-likeness (QED) is 0.138. The average Bonchev–Trinajstić information content (AvgIpc) is 2.82. The summed E-state index contributed by atoms with van der Waals surface area (Å²) >= 11 is 0. The van der Waals surface area contributed by atoms with Crippen molar-refractivity contribution in [2.75, 3.05) is 4.90 Å². The summed E-state index contributed by atoms with van der Waals surface area (Å²) in [7, 11) is 0. The van der Waals surface area contributed by atoms with Crippen LogP contribution in [-0.4, -0.2) is 4.57 Å². The molecule has 0 atom stereocenters. The minimum atomic E-state index is -0.145. The van der Waals surface area contributed by atoms with Crippen LogP contribution in [0.2, 0.25) is 0 Å². The monoisotopic (exact) mass is 1060 g/mol. The van der Waals surface area contributed by atoms with E-state index in [4.69, 9.17) is 0 Å². The average molecular weight is 1060 g/mol. The molecule has 13 rings (SSSR count). The SMILES string of the molecule is CC(C)(C)c1cc(-c2ccc(-c3ccccc3)cc2)cc(N(c2cc(-c3ccc(-c4ccccc4)cc3)cc(C(C)(C)C)c2)c2ccc3ccc4c(-n5c6ccc(C(C)(C)C)cc6c6cc(C(C)(C)C)ccc65)ccc5ccc2c3c54)c1. The highest BCUT2D eigenvalue weighted by Gasteiger charge is 2.27. The lowest BCUT2D eigenvalue weighted by atomic mass is 9.83. The van der Waals surface area contributed by atoms with Gasteiger partial charge in [-0.1, -0.05) is 253 Å². The van der Waals surface area contributed by atoms with Crippen LogP contribution in [0.15, 0.2) is 231 Å². The summed E-state index contributed by atoms with van der Waals surface area (Å²) in [6, 6.07) is 87.6. The van der Waals surface area contributed by atoms with E-state index in [1.165, 1.54) is 127 Å². The van der Waals surface area contributed by atoms with Gasteiger partial charge in [-0.15, -0.1) is 0 Å². The number of hydrogen-bond acceptors (Lipinski definition) is 1. The van der Waals surface area contributed by atoms with Gasteiger partial charge in [0.25, 0.3) is 0 Å². The van der Waals surface area contributed by atoms with E-state index in [-0.39, 0.29) is 21.7 Å². The molecule has 0 aliphatic heterocycles. The van der Waals surface area contributed by atoms with Crippen LogP contribution in [0.1, 0.15) is 105 Å². The van der Waals surface area contributed by atoms with Crippen molar-refractivity contribution in [2.24, 2.45) is 0 Å². The second-order valence-corrected chi connectivity index (χ2v) is 27.2. The summed E-state index contributed by atoms with van der Waals surface area (Å²) in [5.74, 6) is 0. The standard InChI is InChI=1S/C80H74N2/c1-77(2,3)61-35-41-73-69(49-61)70-50-62(78(4,5)6)36-42-74(70)82(73)72-40-34-58-31-37-67-71(39-33-57-32-38-68(72)76(58)75(57)67)81(65-45-59(43-63(47-65)79(7,8)9)55-27-23-53(24-28-55)51-19-15-13-16-20-51)66-46-60(44-64(48-66)80(10,11)12)56-29-25-54(26-30-56)52-21-17-14-18-22-52/h13-50H,1-12H3. The van der Waals surface area contributed by atoms with Crippen molar-refractivity contribution in [3.63, 3.8) is 0 Å². The van der Waals surface area contributed by atoms with Crippen molar-refractivity contribution in [1.29, 1.82) is 0 Å². The number of fused-ring (bicyclic) bond motifs is 3. The maximum atomic E-state index is 2.58. The van der Waals surface area contributed by atoms with Crippen molar-refractivity contribution in [3.8, 4) is 50.2 Å². The summed E-state index contributed by atoms with van der Waals surface area (Å²) < 4.78 is 2.54. The second-order valence-electron chi connectivity index (χ2n) is 27.2. The minimum Gasteiger partial charge on any atom is -0.310 e. The summed E-state index contributed by atoms with van der Waals surface area (Å²) in [6.45, 7) is 28.0. The van der Waals surface area contributed by atoms with Crippen molar-refractivity contribution >= 4 is 71.2 Å². The number of nitrogens with zero attached hydrogens (tertiary/aromatic N) is 2. The van der Waals surface area contributed by atoms with Gasteiger partial charge < -0.3 is 9.47 Å². The molecule has 82 heavy (non-hydrogen) atoms. The molecule has 2 heteroatoms. The molecule has 1 heterocycles. The summed E-state index contributed by atoms with van der Waals surface area (Å²) in [5.41, 5.74) is 21.6. The normalized spacial score (nSPS) is 12.6. The van der Waals surface area contributed by atoms with Gasteiger partial charge in [-0.25, -0.2) is 0 Å². The lowest BCUT2D eigenvalue weighted by Gasteiger charge is -2.32. The number of anilines is 3. The Morgan fingerprint density at radius 3 is 1.06 bits per heavy atom. The van der Waals surface area contributed by atoms with E-state index in [1.807, 2.05) is 0 Å². The maximum Gasteiger partial charge on any atom is 0.0541 e. The molecule has 0 N–H and O–H groups in total. The van der Waals surface area contributed by atoms with Gasteiger partial charge in [0, 0.05) is 32.9 Å². The minimum absolute atomic E-state index is 0.0103. The Bertz CT molecular complexity index is 4330. The molecule has 0 amide bonds. The Morgan fingerprint density at radius 1 is 0.268 bits per heavy atom. The van der Waals surface area contributed by atoms with E-state index in [9.17, 15) is 0 Å². The highest BCUT2D eigenvalue weighted by atomic mass is 15.1. The molecule has 2 nitrogen and oxygen atoms in total. The second kappa shape index (κ2) is 19.5. The number of benzene rings is 12. The zero-order chi connectivity index (χ0) is 57.0. The molecule has 0 aliphatic carbocycles. The van der Waals surface area contributed by atoms with Gasteiger partial charge in [0.15, 0.2) is 0 Å². The van der Waals surface area contributed by atoms with Crippen LogP contribution in [0, 0.1) is 0 Å². The molecule has 0 radical (unpaired) electrons. The van der Waals surface area contributed by atoms with Gasteiger partial charge in [0.1, 0.15) is 0 Å². The Kier molecular flexibility index (Phi) is 12.5. The van der Waals surface area contributed by atoms with Crippen LogP contribution < -0.4 is 4.90 Å². The first kappa shape index (κ1) is 52.6. The smallest absolute Gasteiger partial charge is 0.0541 e. The Balaban J connectivity index is 1.07. The van der Waals surface area contributed by atoms with Gasteiger partial charge in [0.05, 0.1) is 22.4 Å². The highest BCUT2D eigenvalue weighted by Crippen LogP contribution is 2.49. The fourth-order valence-electron chi connectivity index (χ4n) is 12.5. The summed E-state index contributed by atoms with van der Waals surface area (Å²) in [6.07, 6.45) is 0. The van der Waals surface area contributed by atoms with E-state index in [0.717, 1.165) is 17.1 Å². The van der Waals surface area contributed by atoms with Crippen molar-refractivity contribution in [2.45, 2.75) is 105 Å². The first-order chi connectivity index (χ1) is 39.2. The van der Waals surface area contributed by atoms with Crippen LogP contribution in [0.5, 0.6) is 0 Å². The first-order valence-corrected chi connectivity index (χ1v) is 29.4. The molecule has 0 fully saturated rings. The molecular weight excluding hydrogens is 989 g/mol. The maximum absolute atomic E-state index is 2.58. The van der Waals surface area contributed by atoms with Crippen LogP contribution >= 0.6 is 0 Å². The molecule has 1 aromatic heterocycles. The third-order valence-corrected chi connectivity index (χ3v) is 17.3. The van der Waals surface area contributed by atoms with Crippen molar-refractivity contribution in [1.82, 2.24) is 4.57 Å². The largest absolute Gasteiger partial charge is 0.310 e. The fourth-order valence-corrected chi connectivity index (χ4v) is 12.5. The van der Waals surface area contributed by atoms with Crippen LogP contribution in [0.25, 0.3) is 104 Å². The lowest BCUT2D eigenvalue weighted by molar-refractivity contribution is 0.590. The lowest BCUT2D eigenvalue weighted by Crippen LogP contribution is -2.17. The Labute approximate surface area is 485 Å². The zero-order valence-corrected chi connectivity index (χ0v) is 49.8. The molecule has 404 valence electrons. The fraction of sp³-hybridized carbons (Fsp3) is 0.200. The van der Waals surface area contributed by atoms with Crippen molar-refractivity contribution < 1.29 is 0 Å². The van der Waals surface area contributed by atoms with Crippen molar-refractivity contribution in [3.05, 3.63) is 253 Å². The van der Waals surface area contributed by atoms with Gasteiger partial charge in [-0.3, -0.25) is 0 Å². The number of rotatable bonds is 8. The summed E-state index contributed by atoms with van der Waals surface area (Å²) in [5, 5.41) is 10.1. The molecule has 13 aromatic rings.